The smallest absolute Gasteiger partial charge is 0.258 e. The molecule has 2 heterocycles. The van der Waals surface area contributed by atoms with Gasteiger partial charge in [-0.1, -0.05) is 36.4 Å². The van der Waals surface area contributed by atoms with Gasteiger partial charge in [0.15, 0.2) is 0 Å². The molecule has 150 valence electrons. The van der Waals surface area contributed by atoms with Gasteiger partial charge in [0.05, 0.1) is 27.0 Å². The average molecular weight is 481 g/mol. The number of carbonyl (C=O) groups excluding carboxylic acids is 1. The molecule has 2 aromatic carbocycles. The van der Waals surface area contributed by atoms with Crippen LogP contribution in [0.1, 0.15) is 21.5 Å². The lowest BCUT2D eigenvalue weighted by molar-refractivity contribution is 0.102. The Balaban J connectivity index is 1.62. The van der Waals surface area contributed by atoms with Crippen molar-refractivity contribution in [1.29, 1.82) is 5.41 Å². The number of fused-ring (bicyclic) bond motifs is 1. The molecular weight excluding hydrogens is 464 g/mol. The number of hydrogen-bond acceptors (Lipinski definition) is 7. The van der Waals surface area contributed by atoms with E-state index in [2.05, 4.69) is 36.5 Å². The summed E-state index contributed by atoms with van der Waals surface area (Å²) in [7, 11) is 0. The van der Waals surface area contributed by atoms with Crippen molar-refractivity contribution in [3.63, 3.8) is 0 Å². The highest BCUT2D eigenvalue weighted by Crippen LogP contribution is 2.31. The van der Waals surface area contributed by atoms with Crippen molar-refractivity contribution in [2.75, 3.05) is 16.4 Å². The third-order valence-corrected chi connectivity index (χ3v) is 5.87. The predicted octanol–water partition coefficient (Wildman–Crippen LogP) is 4.86. The van der Waals surface area contributed by atoms with Gasteiger partial charge in [0.1, 0.15) is 16.8 Å². The van der Waals surface area contributed by atoms with Crippen LogP contribution in [0.3, 0.4) is 0 Å². The van der Waals surface area contributed by atoms with Gasteiger partial charge in [-0.2, -0.15) is 0 Å². The molecule has 4 aromatic rings. The van der Waals surface area contributed by atoms with Gasteiger partial charge < -0.3 is 16.4 Å². The van der Waals surface area contributed by atoms with Gasteiger partial charge in [0, 0.05) is 17.6 Å². The van der Waals surface area contributed by atoms with Crippen LogP contribution in [0.2, 0.25) is 0 Å². The Labute approximate surface area is 185 Å². The van der Waals surface area contributed by atoms with Crippen molar-refractivity contribution in [1.82, 2.24) is 9.97 Å². The second-order valence-electron chi connectivity index (χ2n) is 6.42. The van der Waals surface area contributed by atoms with E-state index >= 15 is 0 Å². The summed E-state index contributed by atoms with van der Waals surface area (Å²) >= 11 is 4.58. The molecule has 0 unspecified atom stereocenters. The van der Waals surface area contributed by atoms with Crippen molar-refractivity contribution < 1.29 is 4.79 Å². The van der Waals surface area contributed by atoms with Gasteiger partial charge in [-0.05, 0) is 33.6 Å². The minimum Gasteiger partial charge on any atom is -0.382 e. The first-order chi connectivity index (χ1) is 14.5. The van der Waals surface area contributed by atoms with E-state index in [-0.39, 0.29) is 10.5 Å². The topological polar surface area (TPSA) is 117 Å². The highest BCUT2D eigenvalue weighted by atomic mass is 79.9. The minimum atomic E-state index is -0.324. The normalized spacial score (nSPS) is 10.7. The van der Waals surface area contributed by atoms with Crippen molar-refractivity contribution in [2.24, 2.45) is 0 Å². The number of hydrogen-bond donors (Lipinski definition) is 4. The molecule has 0 aliphatic rings. The molecule has 4 rings (SSSR count). The van der Waals surface area contributed by atoms with Crippen LogP contribution in [0.4, 0.5) is 17.2 Å². The van der Waals surface area contributed by atoms with Gasteiger partial charge in [0.2, 0.25) is 0 Å². The molecule has 9 heteroatoms. The summed E-state index contributed by atoms with van der Waals surface area (Å²) < 4.78 is 0.838. The molecule has 0 spiro atoms. The Hall–Kier alpha value is -3.30. The number of nitrogens with one attached hydrogen (secondary N) is 3. The number of thiophene rings is 1. The molecule has 0 fully saturated rings. The summed E-state index contributed by atoms with van der Waals surface area (Å²) in [6.45, 7) is 0.594. The van der Waals surface area contributed by atoms with E-state index < -0.39 is 0 Å². The number of anilines is 3. The summed E-state index contributed by atoms with van der Waals surface area (Å²) in [5.74, 6) is 0.0219. The molecule has 0 saturated carbocycles. The summed E-state index contributed by atoms with van der Waals surface area (Å²) in [4.78, 5) is 21.1. The van der Waals surface area contributed by atoms with E-state index in [1.165, 1.54) is 17.7 Å². The second-order valence-corrected chi connectivity index (χ2v) is 8.09. The fourth-order valence-corrected chi connectivity index (χ4v) is 4.38. The lowest BCUT2D eigenvalue weighted by Gasteiger charge is -2.16. The quantitative estimate of drug-likeness (QED) is 0.294. The number of nitrogens with two attached hydrogens (primary N) is 1. The Kier molecular flexibility index (Phi) is 5.73. The molecule has 0 saturated heterocycles. The maximum absolute atomic E-state index is 13.0. The maximum Gasteiger partial charge on any atom is 0.258 e. The Morgan fingerprint density at radius 3 is 2.63 bits per heavy atom. The molecule has 0 radical (unpaired) electrons. The van der Waals surface area contributed by atoms with Crippen molar-refractivity contribution in [2.45, 2.75) is 6.54 Å². The average Bonchev–Trinajstić information content (AvgIpc) is 3.18. The summed E-state index contributed by atoms with van der Waals surface area (Å²) in [5, 5.41) is 16.1. The molecule has 0 aliphatic heterocycles. The first-order valence-corrected chi connectivity index (χ1v) is 10.7. The van der Waals surface area contributed by atoms with Gasteiger partial charge in [0.25, 0.3) is 5.91 Å². The van der Waals surface area contributed by atoms with Crippen LogP contribution in [0.5, 0.6) is 0 Å². The van der Waals surface area contributed by atoms with E-state index in [0.717, 1.165) is 11.3 Å². The minimum absolute atomic E-state index is 0.163. The number of carbonyl (C=O) groups is 1. The lowest BCUT2D eigenvalue weighted by atomic mass is 10.1. The highest BCUT2D eigenvalue weighted by Gasteiger charge is 2.19. The van der Waals surface area contributed by atoms with Crippen LogP contribution >= 0.6 is 27.3 Å². The monoisotopic (exact) mass is 480 g/mol. The van der Waals surface area contributed by atoms with E-state index in [0.29, 0.717) is 39.4 Å². The van der Waals surface area contributed by atoms with Crippen molar-refractivity contribution in [3.05, 3.63) is 76.9 Å². The van der Waals surface area contributed by atoms with Crippen molar-refractivity contribution in [3.8, 4) is 0 Å². The molecule has 1 amide bonds. The van der Waals surface area contributed by atoms with E-state index in [1.807, 2.05) is 42.5 Å². The van der Waals surface area contributed by atoms with Crippen LogP contribution in [-0.2, 0) is 6.54 Å². The molecular formula is C21H17BrN6OS. The first-order valence-electron chi connectivity index (χ1n) is 8.99. The zero-order valence-corrected chi connectivity index (χ0v) is 18.0. The predicted molar refractivity (Wildman–Crippen MR) is 126 cm³/mol. The number of benzene rings is 2. The summed E-state index contributed by atoms with van der Waals surface area (Å²) in [6, 6.07) is 15.4. The molecule has 0 atom stereocenters. The van der Waals surface area contributed by atoms with Gasteiger partial charge in [-0.25, -0.2) is 9.97 Å². The van der Waals surface area contributed by atoms with Crippen molar-refractivity contribution >= 4 is 65.2 Å². The second kappa shape index (κ2) is 8.60. The third kappa shape index (κ3) is 4.03. The van der Waals surface area contributed by atoms with Crippen LogP contribution in [-0.4, -0.2) is 20.5 Å². The number of nitrogens with zero attached hydrogens (tertiary/aromatic N) is 2. The third-order valence-electron chi connectivity index (χ3n) is 4.48. The molecule has 0 bridgehead atoms. The van der Waals surface area contributed by atoms with Gasteiger partial charge >= 0.3 is 0 Å². The number of halogens is 1. The van der Waals surface area contributed by atoms with Gasteiger partial charge in [-0.15, -0.1) is 11.3 Å². The van der Waals surface area contributed by atoms with Crippen LogP contribution in [0.15, 0.2) is 60.2 Å². The van der Waals surface area contributed by atoms with Crippen LogP contribution < -0.4 is 16.4 Å². The van der Waals surface area contributed by atoms with E-state index in [4.69, 9.17) is 11.1 Å². The maximum atomic E-state index is 13.0. The van der Waals surface area contributed by atoms with E-state index in [9.17, 15) is 4.79 Å². The largest absolute Gasteiger partial charge is 0.382 e. The lowest BCUT2D eigenvalue weighted by Crippen LogP contribution is -2.15. The SMILES string of the molecule is N=C(Br)c1c(NCc2ccccc2)cccc1NC(=O)c1csc2c(N)ncnc12. The van der Waals surface area contributed by atoms with Gasteiger partial charge in [-0.3, -0.25) is 10.2 Å². The number of amides is 1. The standard InChI is InChI=1S/C21H17BrN6OS/c22-19(23)16-14(25-9-12-5-2-1-3-6-12)7-4-8-15(16)28-21(29)13-10-30-18-17(13)26-11-27-20(18)24/h1-8,10-11,23,25H,9H2,(H,28,29)(H2,24,26,27). The van der Waals surface area contributed by atoms with E-state index in [1.54, 1.807) is 11.4 Å². The molecule has 2 aromatic heterocycles. The zero-order valence-electron chi connectivity index (χ0n) is 15.6. The Morgan fingerprint density at radius 2 is 1.87 bits per heavy atom. The highest BCUT2D eigenvalue weighted by molar-refractivity contribution is 9.18. The van der Waals surface area contributed by atoms with Crippen LogP contribution in [0.25, 0.3) is 10.2 Å². The molecule has 0 aliphatic carbocycles. The fraction of sp³-hybridized carbons (Fsp3) is 0.0476. The molecule has 30 heavy (non-hydrogen) atoms. The number of nitrogen functional groups attached to an aromatic ring is 1. The summed E-state index contributed by atoms with van der Waals surface area (Å²) in [5.41, 5.74) is 9.73. The Morgan fingerprint density at radius 1 is 1.10 bits per heavy atom. The molecule has 5 N–H and O–H groups in total. The summed E-state index contributed by atoms with van der Waals surface area (Å²) in [6.07, 6.45) is 1.34. The Bertz CT molecular complexity index is 1240. The molecule has 7 nitrogen and oxygen atoms in total. The first kappa shape index (κ1) is 20.0. The number of rotatable bonds is 6. The zero-order chi connectivity index (χ0) is 21.1. The number of aromatic nitrogens is 2. The van der Waals surface area contributed by atoms with Crippen LogP contribution in [0, 0.1) is 5.41 Å². The fourth-order valence-electron chi connectivity index (χ4n) is 3.05.